The molecule has 0 amide bonds. The van der Waals surface area contributed by atoms with Crippen LogP contribution in [0.15, 0.2) is 64.7 Å². The molecule has 0 bridgehead atoms. The summed E-state index contributed by atoms with van der Waals surface area (Å²) in [5.74, 6) is 0.989. The number of aliphatic hydroxyl groups is 1. The highest BCUT2D eigenvalue weighted by Gasteiger charge is 2.39. The first-order valence-corrected chi connectivity index (χ1v) is 10.8. The van der Waals surface area contributed by atoms with Crippen LogP contribution in [0.5, 0.6) is 11.5 Å². The lowest BCUT2D eigenvalue weighted by Crippen LogP contribution is -2.48. The van der Waals surface area contributed by atoms with E-state index in [4.69, 9.17) is 4.74 Å². The molecule has 0 spiro atoms. The molecule has 0 fully saturated rings. The number of aromatic nitrogens is 3. The van der Waals surface area contributed by atoms with Gasteiger partial charge in [-0.05, 0) is 50.2 Å². The van der Waals surface area contributed by atoms with Crippen LogP contribution in [0, 0.1) is 0 Å². The molecule has 1 aliphatic heterocycles. The van der Waals surface area contributed by atoms with E-state index >= 15 is 0 Å². The second kappa shape index (κ2) is 8.76. The Labute approximate surface area is 179 Å². The molecule has 1 atom stereocenters. The van der Waals surface area contributed by atoms with Gasteiger partial charge >= 0.3 is 0 Å². The third-order valence-corrected chi connectivity index (χ3v) is 5.46. The summed E-state index contributed by atoms with van der Waals surface area (Å²) in [5, 5.41) is 18.3. The molecule has 0 saturated carbocycles. The van der Waals surface area contributed by atoms with Crippen LogP contribution >= 0.6 is 11.8 Å². The van der Waals surface area contributed by atoms with Gasteiger partial charge in [0.1, 0.15) is 11.5 Å². The van der Waals surface area contributed by atoms with E-state index in [9.17, 15) is 5.11 Å². The molecule has 1 aliphatic rings. The van der Waals surface area contributed by atoms with Crippen LogP contribution < -0.4 is 21.0 Å². The van der Waals surface area contributed by atoms with Crippen molar-refractivity contribution < 1.29 is 9.84 Å². The van der Waals surface area contributed by atoms with E-state index in [-0.39, 0.29) is 0 Å². The van der Waals surface area contributed by atoms with Crippen molar-refractivity contribution in [3.05, 3.63) is 60.2 Å². The molecule has 0 saturated heterocycles. The Bertz CT molecular complexity index is 1070. The average molecular weight is 425 g/mol. The molecular formula is C21H24N6O2S. The summed E-state index contributed by atoms with van der Waals surface area (Å²) in [7, 11) is 0. The van der Waals surface area contributed by atoms with E-state index in [0.717, 1.165) is 11.4 Å². The van der Waals surface area contributed by atoms with Gasteiger partial charge in [0, 0.05) is 18.8 Å². The van der Waals surface area contributed by atoms with Gasteiger partial charge in [-0.3, -0.25) is 4.99 Å². The summed E-state index contributed by atoms with van der Waals surface area (Å²) in [4.78, 5) is 13.4. The Kier molecular flexibility index (Phi) is 5.91. The minimum atomic E-state index is -1.39. The number of fused-ring (bicyclic) bond motifs is 1. The summed E-state index contributed by atoms with van der Waals surface area (Å²) in [5.41, 5.74) is 1.18. The van der Waals surface area contributed by atoms with Gasteiger partial charge in [-0.1, -0.05) is 30.0 Å². The maximum Gasteiger partial charge on any atom is 0.234 e. The number of para-hydroxylation sites is 1. The van der Waals surface area contributed by atoms with Crippen LogP contribution in [0.3, 0.4) is 0 Å². The van der Waals surface area contributed by atoms with Crippen LogP contribution in [0.4, 0.5) is 11.6 Å². The zero-order chi connectivity index (χ0) is 21.0. The molecule has 0 aliphatic carbocycles. The Hall–Kier alpha value is -3.04. The zero-order valence-electron chi connectivity index (χ0n) is 16.9. The number of hydrogen-bond donors (Lipinski definition) is 3. The number of nitrogens with one attached hydrogen (secondary N) is 2. The minimum absolute atomic E-state index is 0.381. The van der Waals surface area contributed by atoms with Gasteiger partial charge in [0.2, 0.25) is 17.4 Å². The number of hydrogen-bond acceptors (Lipinski definition) is 8. The van der Waals surface area contributed by atoms with Gasteiger partial charge in [-0.15, -0.1) is 0 Å². The summed E-state index contributed by atoms with van der Waals surface area (Å²) >= 11 is 1.45. The molecule has 0 radical (unpaired) electrons. The van der Waals surface area contributed by atoms with Crippen molar-refractivity contribution >= 4 is 23.4 Å². The summed E-state index contributed by atoms with van der Waals surface area (Å²) in [6.07, 6.45) is 0. The number of nitrogens with zero attached hydrogens (tertiary/aromatic N) is 4. The predicted molar refractivity (Wildman–Crippen MR) is 118 cm³/mol. The average Bonchev–Trinajstić information content (AvgIpc) is 3.07. The van der Waals surface area contributed by atoms with E-state index in [1.165, 1.54) is 11.8 Å². The molecule has 1 aromatic heterocycles. The monoisotopic (exact) mass is 424 g/mol. The molecule has 30 heavy (non-hydrogen) atoms. The van der Waals surface area contributed by atoms with Crippen molar-refractivity contribution in [1.82, 2.24) is 14.5 Å². The molecule has 3 aromatic rings. The largest absolute Gasteiger partial charge is 0.457 e. The number of anilines is 2. The van der Waals surface area contributed by atoms with Gasteiger partial charge in [-0.2, -0.15) is 9.97 Å². The molecule has 3 N–H and O–H groups in total. The number of thioether (sulfide) groups is 1. The lowest BCUT2D eigenvalue weighted by atomic mass is 10.2. The highest BCUT2D eigenvalue weighted by molar-refractivity contribution is 7.99. The minimum Gasteiger partial charge on any atom is -0.457 e. The molecule has 1 unspecified atom stereocenters. The lowest BCUT2D eigenvalue weighted by molar-refractivity contribution is 0.00818. The summed E-state index contributed by atoms with van der Waals surface area (Å²) in [6.45, 7) is 5.17. The molecule has 8 nitrogen and oxygen atoms in total. The van der Waals surface area contributed by atoms with Crippen molar-refractivity contribution in [3.63, 3.8) is 0 Å². The zero-order valence-corrected chi connectivity index (χ0v) is 17.7. The Morgan fingerprint density at radius 2 is 1.83 bits per heavy atom. The van der Waals surface area contributed by atoms with E-state index in [0.29, 0.717) is 41.3 Å². The predicted octanol–water partition coefficient (Wildman–Crippen LogP) is 3.24. The smallest absolute Gasteiger partial charge is 0.234 e. The van der Waals surface area contributed by atoms with E-state index in [1.54, 1.807) is 4.57 Å². The normalized spacial score (nSPS) is 18.2. The van der Waals surface area contributed by atoms with E-state index in [2.05, 4.69) is 25.6 Å². The van der Waals surface area contributed by atoms with Crippen molar-refractivity contribution in [2.24, 2.45) is 4.99 Å². The molecular weight excluding hydrogens is 400 g/mol. The van der Waals surface area contributed by atoms with Crippen LogP contribution in [0.25, 0.3) is 0 Å². The second-order valence-corrected chi connectivity index (χ2v) is 7.58. The first-order chi connectivity index (χ1) is 14.6. The molecule has 4 rings (SSSR count). The van der Waals surface area contributed by atoms with Crippen LogP contribution in [-0.4, -0.2) is 38.5 Å². The van der Waals surface area contributed by atoms with Gasteiger partial charge in [0.25, 0.3) is 0 Å². The molecule has 9 heteroatoms. The van der Waals surface area contributed by atoms with Crippen LogP contribution in [-0.2, 0) is 5.85 Å². The van der Waals surface area contributed by atoms with Crippen LogP contribution in [0.2, 0.25) is 0 Å². The van der Waals surface area contributed by atoms with Crippen molar-refractivity contribution in [2.75, 3.05) is 29.5 Å². The standard InChI is InChI=1S/C21H24N6O2S/c1-3-22-18-24-19(23-4-2)27-20(25-18)30-14-21(27,28)26-15-10-12-17(13-11-15)29-16-8-6-5-7-9-16/h5-13,26,28H,3-4,14H2,1-2H3,(H,22,23,24). The lowest BCUT2D eigenvalue weighted by Gasteiger charge is -2.27. The second-order valence-electron chi connectivity index (χ2n) is 6.64. The molecule has 2 heterocycles. The SMILES string of the molecule is CCN=c1nc(NCC)nc2n1C(O)(Nc1ccc(Oc3ccccc3)cc1)CS2. The van der Waals surface area contributed by atoms with Crippen molar-refractivity contribution in [3.8, 4) is 11.5 Å². The Morgan fingerprint density at radius 1 is 1.10 bits per heavy atom. The van der Waals surface area contributed by atoms with Gasteiger partial charge < -0.3 is 20.5 Å². The van der Waals surface area contributed by atoms with E-state index < -0.39 is 5.85 Å². The van der Waals surface area contributed by atoms with Gasteiger partial charge in [-0.25, -0.2) is 4.57 Å². The fourth-order valence-electron chi connectivity index (χ4n) is 3.08. The maximum absolute atomic E-state index is 11.4. The highest BCUT2D eigenvalue weighted by atomic mass is 32.2. The quantitative estimate of drug-likeness (QED) is 0.501. The van der Waals surface area contributed by atoms with Gasteiger partial charge in [0.05, 0.1) is 5.75 Å². The third kappa shape index (κ3) is 4.27. The highest BCUT2D eigenvalue weighted by Crippen LogP contribution is 2.34. The molecule has 2 aromatic carbocycles. The topological polar surface area (TPSA) is 96.6 Å². The number of rotatable bonds is 7. The Balaban J connectivity index is 1.58. The van der Waals surface area contributed by atoms with Gasteiger partial charge in [0.15, 0.2) is 5.16 Å². The fraction of sp³-hybridized carbons (Fsp3) is 0.286. The summed E-state index contributed by atoms with van der Waals surface area (Å²) < 4.78 is 7.48. The third-order valence-electron chi connectivity index (χ3n) is 4.38. The molecule has 156 valence electrons. The number of benzene rings is 2. The number of ether oxygens (including phenoxy) is 1. The Morgan fingerprint density at radius 3 is 2.53 bits per heavy atom. The first kappa shape index (κ1) is 20.2. The van der Waals surface area contributed by atoms with Crippen molar-refractivity contribution in [2.45, 2.75) is 24.9 Å². The van der Waals surface area contributed by atoms with E-state index in [1.807, 2.05) is 68.4 Å². The van der Waals surface area contributed by atoms with Crippen LogP contribution in [0.1, 0.15) is 13.8 Å². The maximum atomic E-state index is 11.4. The van der Waals surface area contributed by atoms with Crippen molar-refractivity contribution in [1.29, 1.82) is 0 Å². The summed E-state index contributed by atoms with van der Waals surface area (Å²) in [6, 6.07) is 17.0. The first-order valence-electron chi connectivity index (χ1n) is 9.83. The fourth-order valence-corrected chi connectivity index (χ4v) is 4.13.